The van der Waals surface area contributed by atoms with Crippen LogP contribution in [0.1, 0.15) is 31.2 Å². The number of benzene rings is 1. The average Bonchev–Trinajstić information content (AvgIpc) is 2.95. The highest BCUT2D eigenvalue weighted by Gasteiger charge is 2.38. The number of amides is 2. The van der Waals surface area contributed by atoms with Crippen molar-refractivity contribution in [2.45, 2.75) is 37.8 Å². The van der Waals surface area contributed by atoms with Crippen LogP contribution in [0.4, 0.5) is 4.79 Å². The van der Waals surface area contributed by atoms with Crippen molar-refractivity contribution in [1.82, 2.24) is 10.2 Å². The predicted molar refractivity (Wildman–Crippen MR) is 76.7 cm³/mol. The minimum atomic E-state index is -0.138. The van der Waals surface area contributed by atoms with Gasteiger partial charge in [-0.05, 0) is 18.4 Å². The Bertz CT molecular complexity index is 413. The molecule has 1 aromatic carbocycles. The molecule has 1 fully saturated rings. The highest BCUT2D eigenvalue weighted by Crippen LogP contribution is 2.33. The van der Waals surface area contributed by atoms with E-state index < -0.39 is 0 Å². The highest BCUT2D eigenvalue weighted by atomic mass is 16.2. The van der Waals surface area contributed by atoms with Gasteiger partial charge in [-0.25, -0.2) is 4.79 Å². The van der Waals surface area contributed by atoms with E-state index in [9.17, 15) is 4.79 Å². The van der Waals surface area contributed by atoms with Crippen LogP contribution in [0.25, 0.3) is 0 Å². The fourth-order valence-corrected chi connectivity index (χ4v) is 2.82. The SMILES string of the molecule is CN(C(=O)NCc1ccccc1)C1(CN)CCCC1. The van der Waals surface area contributed by atoms with Gasteiger partial charge in [0, 0.05) is 20.1 Å². The number of nitrogens with zero attached hydrogens (tertiary/aromatic N) is 1. The maximum atomic E-state index is 12.2. The summed E-state index contributed by atoms with van der Waals surface area (Å²) in [6.07, 6.45) is 4.35. The minimum absolute atomic E-state index is 0.0313. The van der Waals surface area contributed by atoms with Crippen LogP contribution in [0.3, 0.4) is 0 Å². The molecule has 3 N–H and O–H groups in total. The average molecular weight is 261 g/mol. The Labute approximate surface area is 115 Å². The van der Waals surface area contributed by atoms with Crippen molar-refractivity contribution in [3.8, 4) is 0 Å². The Balaban J connectivity index is 1.92. The lowest BCUT2D eigenvalue weighted by Crippen LogP contribution is -2.55. The second-order valence-corrected chi connectivity index (χ2v) is 5.34. The third-order valence-electron chi connectivity index (χ3n) is 4.22. The number of rotatable bonds is 4. The van der Waals surface area contributed by atoms with Gasteiger partial charge in [-0.1, -0.05) is 43.2 Å². The molecule has 0 heterocycles. The van der Waals surface area contributed by atoms with Crippen LogP contribution in [0.5, 0.6) is 0 Å². The smallest absolute Gasteiger partial charge is 0.317 e. The molecule has 104 valence electrons. The summed E-state index contributed by atoms with van der Waals surface area (Å²) in [6.45, 7) is 1.10. The summed E-state index contributed by atoms with van der Waals surface area (Å²) in [4.78, 5) is 14.0. The number of hydrogen-bond donors (Lipinski definition) is 2. The second kappa shape index (κ2) is 6.06. The summed E-state index contributed by atoms with van der Waals surface area (Å²) < 4.78 is 0. The zero-order valence-corrected chi connectivity index (χ0v) is 11.6. The van der Waals surface area contributed by atoms with Crippen LogP contribution >= 0.6 is 0 Å². The minimum Gasteiger partial charge on any atom is -0.334 e. The van der Waals surface area contributed by atoms with E-state index in [1.54, 1.807) is 0 Å². The molecule has 1 aliphatic rings. The molecule has 2 amide bonds. The van der Waals surface area contributed by atoms with E-state index in [-0.39, 0.29) is 11.6 Å². The first-order chi connectivity index (χ1) is 9.18. The number of likely N-dealkylation sites (N-methyl/N-ethyl adjacent to an activating group) is 1. The van der Waals surface area contributed by atoms with Gasteiger partial charge >= 0.3 is 6.03 Å². The van der Waals surface area contributed by atoms with Crippen LogP contribution in [-0.4, -0.2) is 30.1 Å². The van der Waals surface area contributed by atoms with E-state index in [2.05, 4.69) is 5.32 Å². The van der Waals surface area contributed by atoms with Crippen LogP contribution in [0, 0.1) is 0 Å². The van der Waals surface area contributed by atoms with Crippen molar-refractivity contribution in [1.29, 1.82) is 0 Å². The van der Waals surface area contributed by atoms with Gasteiger partial charge in [-0.2, -0.15) is 0 Å². The number of nitrogens with two attached hydrogens (primary N) is 1. The molecule has 0 atom stereocenters. The molecule has 0 aromatic heterocycles. The van der Waals surface area contributed by atoms with Crippen molar-refractivity contribution in [3.63, 3.8) is 0 Å². The molecule has 1 saturated carbocycles. The maximum Gasteiger partial charge on any atom is 0.317 e. The van der Waals surface area contributed by atoms with Crippen LogP contribution in [-0.2, 0) is 6.54 Å². The topological polar surface area (TPSA) is 58.4 Å². The lowest BCUT2D eigenvalue weighted by Gasteiger charge is -2.37. The molecule has 4 heteroatoms. The van der Waals surface area contributed by atoms with Crippen molar-refractivity contribution in [2.24, 2.45) is 5.73 Å². The Morgan fingerprint density at radius 1 is 1.32 bits per heavy atom. The van der Waals surface area contributed by atoms with E-state index in [0.29, 0.717) is 13.1 Å². The van der Waals surface area contributed by atoms with Gasteiger partial charge in [-0.15, -0.1) is 0 Å². The van der Waals surface area contributed by atoms with Gasteiger partial charge in [0.25, 0.3) is 0 Å². The number of carbonyl (C=O) groups excluding carboxylic acids is 1. The van der Waals surface area contributed by atoms with Gasteiger partial charge in [-0.3, -0.25) is 0 Å². The van der Waals surface area contributed by atoms with Crippen molar-refractivity contribution < 1.29 is 4.79 Å². The summed E-state index contributed by atoms with van der Waals surface area (Å²) in [5.74, 6) is 0. The molecule has 0 radical (unpaired) electrons. The maximum absolute atomic E-state index is 12.2. The van der Waals surface area contributed by atoms with E-state index >= 15 is 0 Å². The van der Waals surface area contributed by atoms with Crippen LogP contribution in [0.15, 0.2) is 30.3 Å². The van der Waals surface area contributed by atoms with E-state index in [4.69, 9.17) is 5.73 Å². The summed E-state index contributed by atoms with van der Waals surface area (Å²) in [5.41, 5.74) is 6.86. The van der Waals surface area contributed by atoms with Crippen molar-refractivity contribution >= 4 is 6.03 Å². The summed E-state index contributed by atoms with van der Waals surface area (Å²) >= 11 is 0. The van der Waals surface area contributed by atoms with Crippen molar-refractivity contribution in [3.05, 3.63) is 35.9 Å². The molecule has 0 bridgehead atoms. The lowest BCUT2D eigenvalue weighted by molar-refractivity contribution is 0.141. The molecule has 0 spiro atoms. The second-order valence-electron chi connectivity index (χ2n) is 5.34. The Morgan fingerprint density at radius 2 is 1.95 bits per heavy atom. The predicted octanol–water partition coefficient (Wildman–Crippen LogP) is 2.10. The Kier molecular flexibility index (Phi) is 4.43. The van der Waals surface area contributed by atoms with E-state index in [1.165, 1.54) is 0 Å². The first-order valence-electron chi connectivity index (χ1n) is 6.94. The zero-order chi connectivity index (χ0) is 13.7. The normalized spacial score (nSPS) is 17.2. The van der Waals surface area contributed by atoms with Gasteiger partial charge in [0.1, 0.15) is 0 Å². The Morgan fingerprint density at radius 3 is 2.53 bits per heavy atom. The van der Waals surface area contributed by atoms with E-state index in [0.717, 1.165) is 31.2 Å². The molecule has 0 aliphatic heterocycles. The lowest BCUT2D eigenvalue weighted by atomic mass is 9.96. The fraction of sp³-hybridized carbons (Fsp3) is 0.533. The van der Waals surface area contributed by atoms with Gasteiger partial charge in [0.05, 0.1) is 5.54 Å². The first kappa shape index (κ1) is 13.9. The zero-order valence-electron chi connectivity index (χ0n) is 11.6. The van der Waals surface area contributed by atoms with Crippen LogP contribution in [0.2, 0.25) is 0 Å². The molecule has 0 saturated heterocycles. The molecule has 1 aromatic rings. The molecular weight excluding hydrogens is 238 g/mol. The van der Waals surface area contributed by atoms with Crippen molar-refractivity contribution in [2.75, 3.05) is 13.6 Å². The number of carbonyl (C=O) groups is 1. The quantitative estimate of drug-likeness (QED) is 0.872. The molecule has 1 aliphatic carbocycles. The fourth-order valence-electron chi connectivity index (χ4n) is 2.82. The molecule has 2 rings (SSSR count). The highest BCUT2D eigenvalue weighted by molar-refractivity contribution is 5.74. The monoisotopic (exact) mass is 261 g/mol. The summed E-state index contributed by atoms with van der Waals surface area (Å²) in [5, 5.41) is 2.97. The van der Waals surface area contributed by atoms with Crippen LogP contribution < -0.4 is 11.1 Å². The molecule has 19 heavy (non-hydrogen) atoms. The standard InChI is InChI=1S/C15H23N3O/c1-18(15(12-16)9-5-6-10-15)14(19)17-11-13-7-3-2-4-8-13/h2-4,7-8H,5-6,9-12,16H2,1H3,(H,17,19). The number of nitrogens with one attached hydrogen (secondary N) is 1. The molecule has 4 nitrogen and oxygen atoms in total. The molecule has 0 unspecified atom stereocenters. The van der Waals surface area contributed by atoms with Gasteiger partial charge < -0.3 is 16.0 Å². The molecular formula is C15H23N3O. The largest absolute Gasteiger partial charge is 0.334 e. The number of urea groups is 1. The Hall–Kier alpha value is -1.55. The third kappa shape index (κ3) is 3.07. The van der Waals surface area contributed by atoms with Gasteiger partial charge in [0.2, 0.25) is 0 Å². The number of hydrogen-bond acceptors (Lipinski definition) is 2. The van der Waals surface area contributed by atoms with Gasteiger partial charge in [0.15, 0.2) is 0 Å². The van der Waals surface area contributed by atoms with E-state index in [1.807, 2.05) is 42.3 Å². The third-order valence-corrected chi connectivity index (χ3v) is 4.22. The summed E-state index contributed by atoms with van der Waals surface area (Å²) in [6, 6.07) is 9.91. The summed E-state index contributed by atoms with van der Waals surface area (Å²) in [7, 11) is 1.86. The first-order valence-corrected chi connectivity index (χ1v) is 6.94.